The topological polar surface area (TPSA) is 72.2 Å². The Morgan fingerprint density at radius 1 is 1.50 bits per heavy atom. The van der Waals surface area contributed by atoms with Gasteiger partial charge in [0.2, 0.25) is 0 Å². The van der Waals surface area contributed by atoms with Crippen molar-refractivity contribution in [1.82, 2.24) is 5.32 Å². The van der Waals surface area contributed by atoms with Crippen LogP contribution in [0.4, 0.5) is 5.69 Å². The fourth-order valence-corrected chi connectivity index (χ4v) is 1.24. The average Bonchev–Trinajstić information content (AvgIpc) is 2.25. The number of nitro benzene ring substituents is 1. The lowest BCUT2D eigenvalue weighted by Crippen LogP contribution is -2.25. The van der Waals surface area contributed by atoms with E-state index in [0.29, 0.717) is 4.48 Å². The van der Waals surface area contributed by atoms with Crippen LogP contribution < -0.4 is 5.32 Å². The van der Waals surface area contributed by atoms with Gasteiger partial charge in [-0.1, -0.05) is 34.6 Å². The van der Waals surface area contributed by atoms with Crippen molar-refractivity contribution < 1.29 is 9.72 Å². The SMILES string of the molecule is C=C(Br)CNC(=O)c1ccccc1[N+](=O)[O-]. The maximum atomic E-state index is 11.6. The van der Waals surface area contributed by atoms with E-state index in [2.05, 4.69) is 27.8 Å². The number of benzene rings is 1. The van der Waals surface area contributed by atoms with Crippen molar-refractivity contribution in [1.29, 1.82) is 0 Å². The van der Waals surface area contributed by atoms with E-state index >= 15 is 0 Å². The van der Waals surface area contributed by atoms with Crippen molar-refractivity contribution in [3.8, 4) is 0 Å². The predicted octanol–water partition coefficient (Wildman–Crippen LogP) is 2.23. The number of para-hydroxylation sites is 1. The normalized spacial score (nSPS) is 9.56. The van der Waals surface area contributed by atoms with E-state index in [1.54, 1.807) is 6.07 Å². The molecule has 1 rings (SSSR count). The molecule has 0 fully saturated rings. The van der Waals surface area contributed by atoms with Crippen LogP contribution in [0.5, 0.6) is 0 Å². The Morgan fingerprint density at radius 3 is 2.69 bits per heavy atom. The van der Waals surface area contributed by atoms with E-state index in [9.17, 15) is 14.9 Å². The van der Waals surface area contributed by atoms with Crippen molar-refractivity contribution in [2.24, 2.45) is 0 Å². The lowest BCUT2D eigenvalue weighted by molar-refractivity contribution is -0.385. The molecular weight excluding hydrogens is 276 g/mol. The molecule has 0 aliphatic heterocycles. The molecule has 0 aliphatic rings. The molecule has 1 amide bonds. The zero-order valence-corrected chi connectivity index (χ0v) is 9.86. The van der Waals surface area contributed by atoms with Crippen molar-refractivity contribution in [3.63, 3.8) is 0 Å². The number of carbonyl (C=O) groups excluding carboxylic acids is 1. The van der Waals surface area contributed by atoms with E-state index in [4.69, 9.17) is 0 Å². The molecule has 0 bridgehead atoms. The van der Waals surface area contributed by atoms with Crippen molar-refractivity contribution in [2.45, 2.75) is 0 Å². The highest BCUT2D eigenvalue weighted by atomic mass is 79.9. The number of halogens is 1. The summed E-state index contributed by atoms with van der Waals surface area (Å²) >= 11 is 3.08. The number of nitrogens with zero attached hydrogens (tertiary/aromatic N) is 1. The fourth-order valence-electron chi connectivity index (χ4n) is 1.10. The van der Waals surface area contributed by atoms with Gasteiger partial charge in [-0.25, -0.2) is 0 Å². The summed E-state index contributed by atoms with van der Waals surface area (Å²) in [5.74, 6) is -0.493. The van der Waals surface area contributed by atoms with E-state index in [1.807, 2.05) is 0 Å². The molecule has 0 atom stereocenters. The van der Waals surface area contributed by atoms with E-state index in [-0.39, 0.29) is 17.8 Å². The number of carbonyl (C=O) groups is 1. The third kappa shape index (κ3) is 3.16. The predicted molar refractivity (Wildman–Crippen MR) is 63.5 cm³/mol. The van der Waals surface area contributed by atoms with Crippen LogP contribution in [0.1, 0.15) is 10.4 Å². The van der Waals surface area contributed by atoms with Crippen molar-refractivity contribution >= 4 is 27.5 Å². The summed E-state index contributed by atoms with van der Waals surface area (Å²) < 4.78 is 0.597. The molecule has 0 saturated heterocycles. The summed E-state index contributed by atoms with van der Waals surface area (Å²) in [6.07, 6.45) is 0. The number of hydrogen-bond acceptors (Lipinski definition) is 3. The molecular formula is C10H9BrN2O3. The second-order valence-electron chi connectivity index (χ2n) is 2.97. The molecule has 6 heteroatoms. The molecule has 0 heterocycles. The molecule has 84 valence electrons. The maximum absolute atomic E-state index is 11.6. The van der Waals surface area contributed by atoms with Gasteiger partial charge in [0.05, 0.1) is 4.92 Å². The van der Waals surface area contributed by atoms with E-state index < -0.39 is 10.8 Å². The second-order valence-corrected chi connectivity index (χ2v) is 4.10. The highest BCUT2D eigenvalue weighted by Crippen LogP contribution is 2.17. The molecule has 0 spiro atoms. The molecule has 0 saturated carbocycles. The van der Waals surface area contributed by atoms with Gasteiger partial charge in [0, 0.05) is 17.1 Å². The van der Waals surface area contributed by atoms with Crippen LogP contribution in [0.25, 0.3) is 0 Å². The monoisotopic (exact) mass is 284 g/mol. The first-order valence-electron chi connectivity index (χ1n) is 4.37. The van der Waals surface area contributed by atoms with Gasteiger partial charge < -0.3 is 5.32 Å². The lowest BCUT2D eigenvalue weighted by Gasteiger charge is -2.04. The van der Waals surface area contributed by atoms with Gasteiger partial charge in [0.25, 0.3) is 11.6 Å². The first kappa shape index (κ1) is 12.4. The number of nitro groups is 1. The van der Waals surface area contributed by atoms with Gasteiger partial charge in [-0.15, -0.1) is 0 Å². The van der Waals surface area contributed by atoms with E-state index in [0.717, 1.165) is 0 Å². The van der Waals surface area contributed by atoms with Crippen LogP contribution in [-0.4, -0.2) is 17.4 Å². The molecule has 0 aliphatic carbocycles. The highest BCUT2D eigenvalue weighted by molar-refractivity contribution is 9.11. The number of nitrogens with one attached hydrogen (secondary N) is 1. The third-order valence-electron chi connectivity index (χ3n) is 1.79. The van der Waals surface area contributed by atoms with Gasteiger partial charge in [0.1, 0.15) is 5.56 Å². The van der Waals surface area contributed by atoms with Crippen molar-refractivity contribution in [2.75, 3.05) is 6.54 Å². The standard InChI is InChI=1S/C10H9BrN2O3/c1-7(11)6-12-10(14)8-4-2-3-5-9(8)13(15)16/h2-5H,1,6H2,(H,12,14). The Labute approximate surface area is 100 Å². The largest absolute Gasteiger partial charge is 0.347 e. The Kier molecular flexibility index (Phi) is 4.19. The first-order chi connectivity index (χ1) is 7.52. The maximum Gasteiger partial charge on any atom is 0.282 e. The minimum absolute atomic E-state index is 0.0428. The Bertz CT molecular complexity index is 445. The third-order valence-corrected chi connectivity index (χ3v) is 2.07. The van der Waals surface area contributed by atoms with Crippen LogP contribution >= 0.6 is 15.9 Å². The molecule has 0 aromatic heterocycles. The first-order valence-corrected chi connectivity index (χ1v) is 5.16. The van der Waals surface area contributed by atoms with Crippen LogP contribution in [0.15, 0.2) is 35.3 Å². The number of amides is 1. The lowest BCUT2D eigenvalue weighted by atomic mass is 10.1. The summed E-state index contributed by atoms with van der Waals surface area (Å²) in [5, 5.41) is 13.2. The molecule has 1 N–H and O–H groups in total. The fraction of sp³-hybridized carbons (Fsp3) is 0.100. The van der Waals surface area contributed by atoms with Crippen LogP contribution in [0.2, 0.25) is 0 Å². The van der Waals surface area contributed by atoms with Gasteiger partial charge in [-0.2, -0.15) is 0 Å². The highest BCUT2D eigenvalue weighted by Gasteiger charge is 2.18. The molecule has 16 heavy (non-hydrogen) atoms. The summed E-state index contributed by atoms with van der Waals surface area (Å²) in [6.45, 7) is 3.77. The smallest absolute Gasteiger partial charge is 0.282 e. The minimum atomic E-state index is -0.585. The molecule has 0 unspecified atom stereocenters. The van der Waals surface area contributed by atoms with Crippen molar-refractivity contribution in [3.05, 3.63) is 51.0 Å². The molecule has 1 aromatic rings. The van der Waals surface area contributed by atoms with E-state index in [1.165, 1.54) is 18.2 Å². The number of rotatable bonds is 4. The molecule has 1 aromatic carbocycles. The van der Waals surface area contributed by atoms with Gasteiger partial charge >= 0.3 is 0 Å². The quantitative estimate of drug-likeness (QED) is 0.681. The Morgan fingerprint density at radius 2 is 2.12 bits per heavy atom. The summed E-state index contributed by atoms with van der Waals surface area (Å²) in [4.78, 5) is 21.7. The van der Waals surface area contributed by atoms with Crippen LogP contribution in [0, 0.1) is 10.1 Å². The molecule has 5 nitrogen and oxygen atoms in total. The Hall–Kier alpha value is -1.69. The molecule has 0 radical (unpaired) electrons. The zero-order chi connectivity index (χ0) is 12.1. The summed E-state index contributed by atoms with van der Waals surface area (Å²) in [7, 11) is 0. The van der Waals surface area contributed by atoms with Gasteiger partial charge in [0.15, 0.2) is 0 Å². The van der Waals surface area contributed by atoms with Gasteiger partial charge in [-0.05, 0) is 6.07 Å². The minimum Gasteiger partial charge on any atom is -0.347 e. The van der Waals surface area contributed by atoms with Gasteiger partial charge in [-0.3, -0.25) is 14.9 Å². The summed E-state index contributed by atoms with van der Waals surface area (Å²) in [5.41, 5.74) is -0.165. The van der Waals surface area contributed by atoms with Crippen LogP contribution in [0.3, 0.4) is 0 Å². The zero-order valence-electron chi connectivity index (χ0n) is 8.27. The summed E-state index contributed by atoms with van der Waals surface area (Å²) in [6, 6.07) is 5.78. The second kappa shape index (κ2) is 5.41. The average molecular weight is 285 g/mol. The Balaban J connectivity index is 2.90. The van der Waals surface area contributed by atoms with Crippen LogP contribution in [-0.2, 0) is 0 Å². The number of hydrogen-bond donors (Lipinski definition) is 1.